The summed E-state index contributed by atoms with van der Waals surface area (Å²) < 4.78 is 2.01. The van der Waals surface area contributed by atoms with E-state index in [9.17, 15) is 0 Å². The van der Waals surface area contributed by atoms with Crippen molar-refractivity contribution < 1.29 is 0 Å². The van der Waals surface area contributed by atoms with Crippen LogP contribution in [0.15, 0.2) is 67.5 Å². The number of imidazole rings is 1. The number of hydrogen-bond acceptors (Lipinski definition) is 3. The van der Waals surface area contributed by atoms with Gasteiger partial charge in [-0.05, 0) is 43.3 Å². The topological polar surface area (TPSA) is 34.0 Å². The van der Waals surface area contributed by atoms with Gasteiger partial charge in [0.05, 0.1) is 6.33 Å². The molecule has 0 spiro atoms. The lowest BCUT2D eigenvalue weighted by Gasteiger charge is -2.25. The van der Waals surface area contributed by atoms with Gasteiger partial charge in [-0.2, -0.15) is 0 Å². The number of aromatic nitrogens is 3. The second kappa shape index (κ2) is 6.54. The average Bonchev–Trinajstić information content (AvgIpc) is 3.10. The van der Waals surface area contributed by atoms with Crippen LogP contribution in [0.3, 0.4) is 0 Å². The predicted octanol–water partition coefficient (Wildman–Crippen LogP) is 3.46. The third-order valence-corrected chi connectivity index (χ3v) is 4.00. The molecule has 0 aliphatic heterocycles. The Labute approximate surface area is 131 Å². The van der Waals surface area contributed by atoms with Crippen molar-refractivity contribution in [3.05, 3.63) is 78.6 Å². The molecule has 2 aromatic heterocycles. The number of rotatable bonds is 5. The van der Waals surface area contributed by atoms with Crippen molar-refractivity contribution in [2.24, 2.45) is 0 Å². The normalized spacial score (nSPS) is 12.5. The fourth-order valence-corrected chi connectivity index (χ4v) is 2.49. The molecule has 3 aromatic rings. The van der Waals surface area contributed by atoms with Crippen LogP contribution in [-0.2, 0) is 6.54 Å². The maximum Gasteiger partial charge on any atom is 0.0991 e. The summed E-state index contributed by atoms with van der Waals surface area (Å²) in [4.78, 5) is 10.6. The molecule has 1 atom stereocenters. The van der Waals surface area contributed by atoms with Crippen molar-refractivity contribution in [3.63, 3.8) is 0 Å². The monoisotopic (exact) mass is 292 g/mol. The second-order valence-corrected chi connectivity index (χ2v) is 5.51. The van der Waals surface area contributed by atoms with Crippen LogP contribution in [0.1, 0.15) is 24.1 Å². The zero-order chi connectivity index (χ0) is 15.4. The van der Waals surface area contributed by atoms with Crippen LogP contribution in [0, 0.1) is 0 Å². The Bertz CT molecular complexity index is 690. The highest BCUT2D eigenvalue weighted by atomic mass is 15.1. The van der Waals surface area contributed by atoms with Crippen molar-refractivity contribution >= 4 is 0 Å². The highest BCUT2D eigenvalue weighted by molar-refractivity contribution is 5.34. The molecular weight excluding hydrogens is 272 g/mol. The number of pyridine rings is 1. The van der Waals surface area contributed by atoms with Crippen molar-refractivity contribution in [1.82, 2.24) is 19.4 Å². The zero-order valence-electron chi connectivity index (χ0n) is 12.9. The van der Waals surface area contributed by atoms with E-state index in [2.05, 4.69) is 59.2 Å². The zero-order valence-corrected chi connectivity index (χ0v) is 12.9. The lowest BCUT2D eigenvalue weighted by Crippen LogP contribution is -2.22. The first kappa shape index (κ1) is 14.5. The summed E-state index contributed by atoms with van der Waals surface area (Å²) in [6.45, 7) is 3.11. The van der Waals surface area contributed by atoms with Crippen molar-refractivity contribution in [3.8, 4) is 5.69 Å². The molecule has 1 aromatic carbocycles. The molecule has 0 amide bonds. The van der Waals surface area contributed by atoms with E-state index in [0.29, 0.717) is 6.04 Å². The minimum absolute atomic E-state index is 0.335. The van der Waals surface area contributed by atoms with E-state index in [1.807, 2.05) is 35.6 Å². The van der Waals surface area contributed by atoms with E-state index in [1.165, 1.54) is 11.1 Å². The molecule has 22 heavy (non-hydrogen) atoms. The molecule has 2 heterocycles. The molecule has 112 valence electrons. The maximum atomic E-state index is 4.20. The molecule has 0 bridgehead atoms. The standard InChI is InChI=1S/C18H20N4/c1-15(17-4-3-9-19-12-17)21(2)13-16-5-7-18(8-6-16)22-11-10-20-14-22/h3-12,14-15H,13H2,1-2H3/t15-/m1/s1. The van der Waals surface area contributed by atoms with Crippen molar-refractivity contribution in [2.75, 3.05) is 7.05 Å². The van der Waals surface area contributed by atoms with Crippen LogP contribution < -0.4 is 0 Å². The summed E-state index contributed by atoms with van der Waals surface area (Å²) in [7, 11) is 2.14. The maximum absolute atomic E-state index is 4.20. The molecule has 0 fully saturated rings. The summed E-state index contributed by atoms with van der Waals surface area (Å²) in [5, 5.41) is 0. The van der Waals surface area contributed by atoms with Crippen LogP contribution in [-0.4, -0.2) is 26.5 Å². The van der Waals surface area contributed by atoms with Gasteiger partial charge in [0, 0.05) is 43.1 Å². The summed E-state index contributed by atoms with van der Waals surface area (Å²) in [5.74, 6) is 0. The summed E-state index contributed by atoms with van der Waals surface area (Å²) in [6, 6.07) is 13.0. The van der Waals surface area contributed by atoms with Gasteiger partial charge >= 0.3 is 0 Å². The van der Waals surface area contributed by atoms with E-state index >= 15 is 0 Å². The SMILES string of the molecule is C[C@H](c1cccnc1)N(C)Cc1ccc(-n2ccnc2)cc1. The first-order valence-corrected chi connectivity index (χ1v) is 7.41. The van der Waals surface area contributed by atoms with Crippen molar-refractivity contribution in [2.45, 2.75) is 19.5 Å². The van der Waals surface area contributed by atoms with Crippen LogP contribution in [0.4, 0.5) is 0 Å². The van der Waals surface area contributed by atoms with Gasteiger partial charge in [0.1, 0.15) is 0 Å². The van der Waals surface area contributed by atoms with Gasteiger partial charge in [-0.15, -0.1) is 0 Å². The van der Waals surface area contributed by atoms with E-state index in [1.54, 1.807) is 6.20 Å². The fraction of sp³-hybridized carbons (Fsp3) is 0.222. The fourth-order valence-electron chi connectivity index (χ4n) is 2.49. The lowest BCUT2D eigenvalue weighted by atomic mass is 10.1. The van der Waals surface area contributed by atoms with E-state index in [0.717, 1.165) is 12.2 Å². The van der Waals surface area contributed by atoms with Crippen LogP contribution in [0.2, 0.25) is 0 Å². The molecule has 0 N–H and O–H groups in total. The third kappa shape index (κ3) is 3.23. The Morgan fingerprint density at radius 1 is 1.09 bits per heavy atom. The largest absolute Gasteiger partial charge is 0.306 e. The molecule has 0 unspecified atom stereocenters. The first-order chi connectivity index (χ1) is 10.7. The van der Waals surface area contributed by atoms with E-state index in [4.69, 9.17) is 0 Å². The molecule has 4 heteroatoms. The van der Waals surface area contributed by atoms with Gasteiger partial charge in [0.15, 0.2) is 0 Å². The summed E-state index contributed by atoms with van der Waals surface area (Å²) in [5.41, 5.74) is 3.66. The van der Waals surface area contributed by atoms with Crippen molar-refractivity contribution in [1.29, 1.82) is 0 Å². The molecule has 0 saturated carbocycles. The summed E-state index contributed by atoms with van der Waals surface area (Å²) >= 11 is 0. The minimum atomic E-state index is 0.335. The number of nitrogens with zero attached hydrogens (tertiary/aromatic N) is 4. The van der Waals surface area contributed by atoms with Gasteiger partial charge in [-0.3, -0.25) is 9.88 Å². The van der Waals surface area contributed by atoms with E-state index in [-0.39, 0.29) is 0 Å². The van der Waals surface area contributed by atoms with Gasteiger partial charge in [0.25, 0.3) is 0 Å². The Balaban J connectivity index is 1.68. The van der Waals surface area contributed by atoms with Gasteiger partial charge in [0.2, 0.25) is 0 Å². The van der Waals surface area contributed by atoms with Gasteiger partial charge in [-0.25, -0.2) is 4.98 Å². The van der Waals surface area contributed by atoms with Crippen LogP contribution >= 0.6 is 0 Å². The molecule has 0 aliphatic carbocycles. The predicted molar refractivity (Wildman–Crippen MR) is 87.7 cm³/mol. The van der Waals surface area contributed by atoms with Crippen LogP contribution in [0.5, 0.6) is 0 Å². The second-order valence-electron chi connectivity index (χ2n) is 5.51. The Morgan fingerprint density at radius 2 is 1.91 bits per heavy atom. The Kier molecular flexibility index (Phi) is 4.30. The quantitative estimate of drug-likeness (QED) is 0.722. The Morgan fingerprint density at radius 3 is 2.55 bits per heavy atom. The summed E-state index contributed by atoms with van der Waals surface area (Å²) in [6.07, 6.45) is 9.29. The Hall–Kier alpha value is -2.46. The third-order valence-electron chi connectivity index (χ3n) is 4.00. The molecule has 0 saturated heterocycles. The number of hydrogen-bond donors (Lipinski definition) is 0. The number of benzene rings is 1. The molecule has 0 radical (unpaired) electrons. The average molecular weight is 292 g/mol. The molecular formula is C18H20N4. The first-order valence-electron chi connectivity index (χ1n) is 7.41. The highest BCUT2D eigenvalue weighted by Crippen LogP contribution is 2.20. The highest BCUT2D eigenvalue weighted by Gasteiger charge is 2.11. The van der Waals surface area contributed by atoms with Crippen LogP contribution in [0.25, 0.3) is 5.69 Å². The smallest absolute Gasteiger partial charge is 0.0991 e. The van der Waals surface area contributed by atoms with E-state index < -0.39 is 0 Å². The van der Waals surface area contributed by atoms with Gasteiger partial charge < -0.3 is 4.57 Å². The lowest BCUT2D eigenvalue weighted by molar-refractivity contribution is 0.252. The molecule has 3 rings (SSSR count). The molecule has 0 aliphatic rings. The van der Waals surface area contributed by atoms with Gasteiger partial charge in [-0.1, -0.05) is 18.2 Å². The molecule has 4 nitrogen and oxygen atoms in total. The minimum Gasteiger partial charge on any atom is -0.306 e.